The molecule has 1 saturated carbocycles. The van der Waals surface area contributed by atoms with Gasteiger partial charge in [-0.25, -0.2) is 9.97 Å². The zero-order valence-corrected chi connectivity index (χ0v) is 17.8. The van der Waals surface area contributed by atoms with Gasteiger partial charge >= 0.3 is 6.18 Å². The number of fused-ring (bicyclic) bond motifs is 1. The van der Waals surface area contributed by atoms with Gasteiger partial charge in [0.15, 0.2) is 11.6 Å². The average molecular weight is 463 g/mol. The van der Waals surface area contributed by atoms with Crippen LogP contribution in [0.15, 0.2) is 24.5 Å². The van der Waals surface area contributed by atoms with Gasteiger partial charge in [0.1, 0.15) is 5.82 Å². The van der Waals surface area contributed by atoms with Crippen molar-refractivity contribution in [2.75, 3.05) is 41.3 Å². The third-order valence-electron chi connectivity index (χ3n) is 6.13. The van der Waals surface area contributed by atoms with Crippen LogP contribution in [0.25, 0.3) is 0 Å². The van der Waals surface area contributed by atoms with E-state index in [9.17, 15) is 18.0 Å². The topological polar surface area (TPSA) is 95.5 Å². The lowest BCUT2D eigenvalue weighted by atomic mass is 10.1. The number of alkyl halides is 3. The summed E-state index contributed by atoms with van der Waals surface area (Å²) in [5.74, 6) is -0.623. The molecule has 0 aromatic carbocycles. The zero-order valence-electron chi connectivity index (χ0n) is 17.8. The van der Waals surface area contributed by atoms with Crippen molar-refractivity contribution >= 4 is 29.2 Å². The van der Waals surface area contributed by atoms with E-state index in [2.05, 4.69) is 30.5 Å². The summed E-state index contributed by atoms with van der Waals surface area (Å²) in [6.07, 6.45) is -1.51. The molecule has 1 saturated heterocycles. The van der Waals surface area contributed by atoms with Crippen molar-refractivity contribution in [1.29, 1.82) is 0 Å². The second kappa shape index (κ2) is 8.65. The van der Waals surface area contributed by atoms with E-state index in [1.54, 1.807) is 12.3 Å². The highest BCUT2D eigenvalue weighted by molar-refractivity contribution is 6.00. The van der Waals surface area contributed by atoms with Crippen LogP contribution in [0.5, 0.6) is 5.75 Å². The van der Waals surface area contributed by atoms with Gasteiger partial charge < -0.3 is 20.3 Å². The van der Waals surface area contributed by atoms with Gasteiger partial charge in [-0.15, -0.1) is 0 Å². The molecule has 0 bridgehead atoms. The number of piperazine rings is 1. The van der Waals surface area contributed by atoms with Crippen LogP contribution in [0.3, 0.4) is 0 Å². The van der Waals surface area contributed by atoms with E-state index >= 15 is 0 Å². The molecule has 0 radical (unpaired) electrons. The largest absolute Gasteiger partial charge is 0.465 e. The van der Waals surface area contributed by atoms with Crippen LogP contribution < -0.4 is 25.2 Å². The Morgan fingerprint density at radius 2 is 1.85 bits per heavy atom. The molecule has 176 valence electrons. The van der Waals surface area contributed by atoms with E-state index < -0.39 is 18.2 Å². The Morgan fingerprint density at radius 3 is 2.52 bits per heavy atom. The van der Waals surface area contributed by atoms with Gasteiger partial charge in [0.2, 0.25) is 5.95 Å². The van der Waals surface area contributed by atoms with E-state index in [1.165, 1.54) is 6.20 Å². The molecule has 33 heavy (non-hydrogen) atoms. The number of amides is 1. The highest BCUT2D eigenvalue weighted by Gasteiger charge is 2.54. The molecule has 2 aromatic rings. The highest BCUT2D eigenvalue weighted by Crippen LogP contribution is 2.41. The first-order chi connectivity index (χ1) is 15.9. The number of ether oxygens (including phenoxy) is 1. The van der Waals surface area contributed by atoms with Crippen LogP contribution in [0.4, 0.5) is 36.4 Å². The Kier molecular flexibility index (Phi) is 5.69. The lowest BCUT2D eigenvalue weighted by Gasteiger charge is -2.37. The van der Waals surface area contributed by atoms with Crippen LogP contribution in [0.2, 0.25) is 0 Å². The van der Waals surface area contributed by atoms with Gasteiger partial charge in [-0.3, -0.25) is 9.69 Å². The second-order valence-corrected chi connectivity index (χ2v) is 8.33. The molecule has 1 atom stereocenters. The zero-order chi connectivity index (χ0) is 23.0. The van der Waals surface area contributed by atoms with Crippen molar-refractivity contribution in [2.24, 2.45) is 0 Å². The van der Waals surface area contributed by atoms with Gasteiger partial charge in [0, 0.05) is 32.2 Å². The number of nitrogens with zero attached hydrogens (tertiary/aromatic N) is 5. The normalized spacial score (nSPS) is 21.7. The fraction of sp³-hybridized carbons (Fsp3) is 0.524. The third kappa shape index (κ3) is 4.39. The predicted molar refractivity (Wildman–Crippen MR) is 115 cm³/mol. The molecule has 4 heterocycles. The van der Waals surface area contributed by atoms with E-state index in [4.69, 9.17) is 4.74 Å². The van der Waals surface area contributed by atoms with Crippen LogP contribution >= 0.6 is 0 Å². The van der Waals surface area contributed by atoms with Crippen molar-refractivity contribution in [1.82, 2.24) is 20.3 Å². The van der Waals surface area contributed by atoms with Gasteiger partial charge in [-0.2, -0.15) is 18.2 Å². The molecular formula is C21H24F3N7O2. The molecule has 5 rings (SSSR count). The molecule has 9 nitrogen and oxygen atoms in total. The van der Waals surface area contributed by atoms with Crippen LogP contribution in [0.1, 0.15) is 25.7 Å². The first-order valence-electron chi connectivity index (χ1n) is 11.0. The molecular weight excluding hydrogens is 439 g/mol. The van der Waals surface area contributed by atoms with E-state index in [0.717, 1.165) is 49.6 Å². The van der Waals surface area contributed by atoms with E-state index in [-0.39, 0.29) is 23.6 Å². The summed E-state index contributed by atoms with van der Waals surface area (Å²) in [5.41, 5.74) is 0.998. The second-order valence-electron chi connectivity index (χ2n) is 8.33. The minimum Gasteiger partial charge on any atom is -0.465 e. The summed E-state index contributed by atoms with van der Waals surface area (Å²) in [7, 11) is 0. The maximum absolute atomic E-state index is 13.4. The fourth-order valence-electron chi connectivity index (χ4n) is 4.49. The first-order valence-corrected chi connectivity index (χ1v) is 11.0. The molecule has 2 N–H and O–H groups in total. The lowest BCUT2D eigenvalue weighted by molar-refractivity contribution is -0.198. The Balaban J connectivity index is 1.39. The van der Waals surface area contributed by atoms with Crippen molar-refractivity contribution in [3.05, 3.63) is 24.5 Å². The monoisotopic (exact) mass is 463 g/mol. The summed E-state index contributed by atoms with van der Waals surface area (Å²) in [4.78, 5) is 29.0. The Morgan fingerprint density at radius 1 is 1.09 bits per heavy atom. The number of carbonyl (C=O) groups is 1. The quantitative estimate of drug-likeness (QED) is 0.715. The molecule has 1 unspecified atom stereocenters. The van der Waals surface area contributed by atoms with Crippen LogP contribution in [0, 0.1) is 0 Å². The minimum atomic E-state index is -4.82. The minimum absolute atomic E-state index is 0.0577. The molecule has 2 aromatic heterocycles. The SMILES string of the molecule is O=C1C(C(F)(F)F)Oc2cnc(Nc3ccc(N4CCNCC4)cn3)nc2N1C1CCCC1. The summed E-state index contributed by atoms with van der Waals surface area (Å²) < 4.78 is 45.3. The van der Waals surface area contributed by atoms with Crippen LogP contribution in [-0.2, 0) is 4.79 Å². The highest BCUT2D eigenvalue weighted by atomic mass is 19.4. The molecule has 2 aliphatic heterocycles. The van der Waals surface area contributed by atoms with Gasteiger partial charge in [-0.1, -0.05) is 12.8 Å². The molecule has 1 amide bonds. The molecule has 0 spiro atoms. The van der Waals surface area contributed by atoms with Crippen molar-refractivity contribution in [3.8, 4) is 5.75 Å². The number of carbonyl (C=O) groups excluding carboxylic acids is 1. The lowest BCUT2D eigenvalue weighted by Crippen LogP contribution is -2.56. The first kappa shape index (κ1) is 21.7. The van der Waals surface area contributed by atoms with Crippen molar-refractivity contribution < 1.29 is 22.7 Å². The number of rotatable bonds is 4. The summed E-state index contributed by atoms with van der Waals surface area (Å²) >= 11 is 0. The van der Waals surface area contributed by atoms with Gasteiger partial charge in [0.05, 0.1) is 18.1 Å². The molecule has 12 heteroatoms. The van der Waals surface area contributed by atoms with Crippen molar-refractivity contribution in [3.63, 3.8) is 0 Å². The maximum Gasteiger partial charge on any atom is 0.434 e. The average Bonchev–Trinajstić information content (AvgIpc) is 3.33. The van der Waals surface area contributed by atoms with Crippen LogP contribution in [-0.4, -0.2) is 65.4 Å². The summed E-state index contributed by atoms with van der Waals surface area (Å²) in [6.45, 7) is 3.62. The number of nitrogens with one attached hydrogen (secondary N) is 2. The molecule has 3 aliphatic rings. The number of aromatic nitrogens is 3. The Bertz CT molecular complexity index is 1010. The summed E-state index contributed by atoms with van der Waals surface area (Å²) in [6, 6.07) is 3.38. The Hall–Kier alpha value is -3.15. The molecule has 2 fully saturated rings. The standard InChI is InChI=1S/C21H24F3N7O2/c22-21(23,24)17-19(32)31(13-3-1-2-4-13)18-15(33-17)12-27-20(29-18)28-16-6-5-14(11-26-16)30-9-7-25-8-10-30/h5-6,11-13,17,25H,1-4,7-10H2,(H,26,27,28,29). The number of halogens is 3. The summed E-state index contributed by atoms with van der Waals surface area (Å²) in [5, 5.41) is 6.27. The van der Waals surface area contributed by atoms with Gasteiger partial charge in [0.25, 0.3) is 12.0 Å². The van der Waals surface area contributed by atoms with E-state index in [0.29, 0.717) is 18.7 Å². The predicted octanol–water partition coefficient (Wildman–Crippen LogP) is 2.62. The molecule has 1 aliphatic carbocycles. The van der Waals surface area contributed by atoms with Gasteiger partial charge in [-0.05, 0) is 25.0 Å². The number of hydrogen-bond acceptors (Lipinski definition) is 8. The van der Waals surface area contributed by atoms with E-state index in [1.807, 2.05) is 6.07 Å². The smallest absolute Gasteiger partial charge is 0.434 e. The number of hydrogen-bond donors (Lipinski definition) is 2. The Labute approximate surface area is 188 Å². The maximum atomic E-state index is 13.4. The fourth-order valence-corrected chi connectivity index (χ4v) is 4.49. The van der Waals surface area contributed by atoms with Crippen molar-refractivity contribution in [2.45, 2.75) is 44.0 Å². The number of pyridine rings is 1. The number of anilines is 4. The third-order valence-corrected chi connectivity index (χ3v) is 6.13.